The minimum atomic E-state index is -0.513. The summed E-state index contributed by atoms with van der Waals surface area (Å²) in [4.78, 5) is 4.25. The first-order valence-electron chi connectivity index (χ1n) is 5.04. The Morgan fingerprint density at radius 2 is 2.44 bits per heavy atom. The molecule has 0 aliphatic carbocycles. The van der Waals surface area contributed by atoms with Gasteiger partial charge in [-0.2, -0.15) is 0 Å². The van der Waals surface area contributed by atoms with E-state index in [1.165, 1.54) is 4.70 Å². The Hall–Kier alpha value is -1.17. The molecule has 0 amide bonds. The van der Waals surface area contributed by atoms with Crippen molar-refractivity contribution >= 4 is 27.2 Å². The molecule has 2 aromatic heterocycles. The highest BCUT2D eigenvalue weighted by Gasteiger charge is 2.06. The first-order valence-corrected chi connectivity index (χ1v) is 5.92. The second kappa shape index (κ2) is 5.25. The van der Waals surface area contributed by atoms with Crippen molar-refractivity contribution in [2.75, 3.05) is 25.6 Å². The van der Waals surface area contributed by atoms with Gasteiger partial charge < -0.3 is 15.2 Å². The molecule has 0 spiro atoms. The summed E-state index contributed by atoms with van der Waals surface area (Å²) in [5.41, 5.74) is 0. The van der Waals surface area contributed by atoms with E-state index in [-0.39, 0.29) is 0 Å². The average molecular weight is 238 g/mol. The number of methoxy groups -OCH3 is 1. The molecule has 2 rings (SSSR count). The van der Waals surface area contributed by atoms with E-state index in [9.17, 15) is 5.11 Å². The number of aromatic nitrogens is 1. The summed E-state index contributed by atoms with van der Waals surface area (Å²) in [6, 6.07) is 4.01. The predicted octanol–water partition coefficient (Wildman–Crippen LogP) is 1.72. The van der Waals surface area contributed by atoms with Gasteiger partial charge in [-0.25, -0.2) is 4.98 Å². The van der Waals surface area contributed by atoms with E-state index in [1.807, 2.05) is 17.5 Å². The van der Waals surface area contributed by atoms with E-state index in [2.05, 4.69) is 10.3 Å². The lowest BCUT2D eigenvalue weighted by atomic mass is 10.3. The van der Waals surface area contributed by atoms with Gasteiger partial charge in [0.15, 0.2) is 0 Å². The Labute approximate surface area is 97.9 Å². The maximum Gasteiger partial charge on any atom is 0.134 e. The Bertz CT molecular complexity index is 458. The van der Waals surface area contributed by atoms with E-state index < -0.39 is 6.10 Å². The second-order valence-electron chi connectivity index (χ2n) is 3.48. The number of nitrogens with zero attached hydrogens (tertiary/aromatic N) is 1. The van der Waals surface area contributed by atoms with Crippen molar-refractivity contribution in [2.24, 2.45) is 0 Å². The molecular formula is C11H14N2O2S. The van der Waals surface area contributed by atoms with Gasteiger partial charge in [-0.15, -0.1) is 11.3 Å². The number of anilines is 1. The predicted molar refractivity (Wildman–Crippen MR) is 66.0 cm³/mol. The summed E-state index contributed by atoms with van der Waals surface area (Å²) < 4.78 is 6.05. The van der Waals surface area contributed by atoms with Crippen LogP contribution in [0.3, 0.4) is 0 Å². The highest BCUT2D eigenvalue weighted by atomic mass is 32.1. The molecule has 2 heterocycles. The van der Waals surface area contributed by atoms with Gasteiger partial charge in [0.25, 0.3) is 0 Å². The van der Waals surface area contributed by atoms with Crippen LogP contribution in [0.4, 0.5) is 5.82 Å². The SMILES string of the molecule is COCC(O)CNc1nccc2sccc12. The fourth-order valence-corrected chi connectivity index (χ4v) is 2.28. The molecule has 5 heteroatoms. The summed E-state index contributed by atoms with van der Waals surface area (Å²) in [7, 11) is 1.57. The van der Waals surface area contributed by atoms with Gasteiger partial charge in [0.1, 0.15) is 5.82 Å². The molecule has 0 aliphatic rings. The maximum absolute atomic E-state index is 9.52. The van der Waals surface area contributed by atoms with Crippen molar-refractivity contribution in [3.8, 4) is 0 Å². The van der Waals surface area contributed by atoms with Crippen LogP contribution in [-0.4, -0.2) is 36.5 Å². The van der Waals surface area contributed by atoms with E-state index in [0.717, 1.165) is 11.2 Å². The van der Waals surface area contributed by atoms with Crippen molar-refractivity contribution in [1.29, 1.82) is 0 Å². The molecule has 0 saturated carbocycles. The van der Waals surface area contributed by atoms with Crippen LogP contribution in [0.1, 0.15) is 0 Å². The fourth-order valence-electron chi connectivity index (χ4n) is 1.50. The zero-order valence-corrected chi connectivity index (χ0v) is 9.83. The Morgan fingerprint density at radius 3 is 3.25 bits per heavy atom. The van der Waals surface area contributed by atoms with E-state index in [4.69, 9.17) is 4.74 Å². The molecule has 4 nitrogen and oxygen atoms in total. The number of ether oxygens (including phenoxy) is 1. The van der Waals surface area contributed by atoms with Crippen LogP contribution in [0, 0.1) is 0 Å². The van der Waals surface area contributed by atoms with Gasteiger partial charge in [0.2, 0.25) is 0 Å². The van der Waals surface area contributed by atoms with Crippen LogP contribution in [0.2, 0.25) is 0 Å². The summed E-state index contributed by atoms with van der Waals surface area (Å²) in [5.74, 6) is 0.814. The molecule has 0 aliphatic heterocycles. The van der Waals surface area contributed by atoms with Crippen LogP contribution in [-0.2, 0) is 4.74 Å². The van der Waals surface area contributed by atoms with E-state index in [1.54, 1.807) is 24.6 Å². The Kier molecular flexibility index (Phi) is 3.71. The molecular weight excluding hydrogens is 224 g/mol. The molecule has 16 heavy (non-hydrogen) atoms. The lowest BCUT2D eigenvalue weighted by Gasteiger charge is -2.11. The molecule has 0 aromatic carbocycles. The average Bonchev–Trinajstić information content (AvgIpc) is 2.75. The van der Waals surface area contributed by atoms with Crippen LogP contribution in [0.5, 0.6) is 0 Å². The van der Waals surface area contributed by atoms with Crippen LogP contribution in [0.25, 0.3) is 10.1 Å². The zero-order chi connectivity index (χ0) is 11.4. The van der Waals surface area contributed by atoms with Gasteiger partial charge in [-0.1, -0.05) is 0 Å². The standard InChI is InChI=1S/C11H14N2O2S/c1-15-7-8(14)6-13-11-9-3-5-16-10(9)2-4-12-11/h2-5,8,14H,6-7H2,1H3,(H,12,13). The number of aliphatic hydroxyl groups is 1. The maximum atomic E-state index is 9.52. The monoisotopic (exact) mass is 238 g/mol. The molecule has 0 radical (unpaired) electrons. The normalized spacial score (nSPS) is 12.9. The zero-order valence-electron chi connectivity index (χ0n) is 9.01. The van der Waals surface area contributed by atoms with Crippen molar-refractivity contribution in [3.05, 3.63) is 23.7 Å². The van der Waals surface area contributed by atoms with E-state index >= 15 is 0 Å². The number of rotatable bonds is 5. The summed E-state index contributed by atoms with van der Waals surface area (Å²) in [6.07, 6.45) is 1.25. The highest BCUT2D eigenvalue weighted by molar-refractivity contribution is 7.17. The van der Waals surface area contributed by atoms with Crippen LogP contribution >= 0.6 is 11.3 Å². The lowest BCUT2D eigenvalue weighted by Crippen LogP contribution is -2.24. The first-order chi connectivity index (χ1) is 7.81. The third kappa shape index (κ3) is 2.49. The molecule has 0 bridgehead atoms. The number of fused-ring (bicyclic) bond motifs is 1. The third-order valence-electron chi connectivity index (χ3n) is 2.24. The first kappa shape index (κ1) is 11.3. The lowest BCUT2D eigenvalue weighted by molar-refractivity contribution is 0.0727. The van der Waals surface area contributed by atoms with Crippen LogP contribution in [0.15, 0.2) is 23.7 Å². The summed E-state index contributed by atoms with van der Waals surface area (Å²) >= 11 is 1.68. The molecule has 2 N–H and O–H groups in total. The summed E-state index contributed by atoms with van der Waals surface area (Å²) in [6.45, 7) is 0.766. The van der Waals surface area contributed by atoms with Crippen LogP contribution < -0.4 is 5.32 Å². The van der Waals surface area contributed by atoms with Crippen molar-refractivity contribution in [3.63, 3.8) is 0 Å². The van der Waals surface area contributed by atoms with Crippen molar-refractivity contribution in [1.82, 2.24) is 4.98 Å². The minimum Gasteiger partial charge on any atom is -0.389 e. The number of nitrogens with one attached hydrogen (secondary N) is 1. The molecule has 0 saturated heterocycles. The number of thiophene rings is 1. The third-order valence-corrected chi connectivity index (χ3v) is 3.13. The minimum absolute atomic E-state index is 0.326. The van der Waals surface area contributed by atoms with Crippen molar-refractivity contribution < 1.29 is 9.84 Å². The number of aliphatic hydroxyl groups excluding tert-OH is 1. The van der Waals surface area contributed by atoms with Gasteiger partial charge in [-0.3, -0.25) is 0 Å². The molecule has 86 valence electrons. The molecule has 0 fully saturated rings. The largest absolute Gasteiger partial charge is 0.389 e. The molecule has 2 aromatic rings. The Balaban J connectivity index is 2.06. The van der Waals surface area contributed by atoms with Crippen molar-refractivity contribution in [2.45, 2.75) is 6.10 Å². The number of hydrogen-bond donors (Lipinski definition) is 2. The number of pyridine rings is 1. The summed E-state index contributed by atoms with van der Waals surface area (Å²) in [5, 5.41) is 15.8. The van der Waals surface area contributed by atoms with E-state index in [0.29, 0.717) is 13.2 Å². The fraction of sp³-hybridized carbons (Fsp3) is 0.364. The van der Waals surface area contributed by atoms with Gasteiger partial charge in [-0.05, 0) is 17.5 Å². The smallest absolute Gasteiger partial charge is 0.134 e. The highest BCUT2D eigenvalue weighted by Crippen LogP contribution is 2.25. The van der Waals surface area contributed by atoms with Gasteiger partial charge in [0, 0.05) is 29.9 Å². The Morgan fingerprint density at radius 1 is 1.56 bits per heavy atom. The quantitative estimate of drug-likeness (QED) is 0.832. The van der Waals surface area contributed by atoms with Gasteiger partial charge >= 0.3 is 0 Å². The number of hydrogen-bond acceptors (Lipinski definition) is 5. The topological polar surface area (TPSA) is 54.4 Å². The molecule has 1 unspecified atom stereocenters. The molecule has 1 atom stereocenters. The van der Waals surface area contributed by atoms with Gasteiger partial charge in [0.05, 0.1) is 12.7 Å². The second-order valence-corrected chi connectivity index (χ2v) is 4.43.